The first kappa shape index (κ1) is 19.5. The van der Waals surface area contributed by atoms with E-state index in [-0.39, 0.29) is 18.3 Å². The lowest BCUT2D eigenvalue weighted by Crippen LogP contribution is -2.38. The summed E-state index contributed by atoms with van der Waals surface area (Å²) in [7, 11) is -3.48. The predicted molar refractivity (Wildman–Crippen MR) is 99.4 cm³/mol. The summed E-state index contributed by atoms with van der Waals surface area (Å²) in [4.78, 5) is 18.7. The molecule has 0 radical (unpaired) electrons. The molecule has 1 atom stereocenters. The van der Waals surface area contributed by atoms with Gasteiger partial charge in [0, 0.05) is 19.6 Å². The van der Waals surface area contributed by atoms with Crippen molar-refractivity contribution in [2.24, 2.45) is 0 Å². The fourth-order valence-corrected chi connectivity index (χ4v) is 4.43. The maximum absolute atomic E-state index is 12.7. The standard InChI is InChI=1S/C18H24N4O4S/c1-13-5-4-6-15(11-13)12-17(23)21-8-7-16(18-19-14(2)20-26-18)22(10-9-21)27(3,24)25/h4-6,11,16H,7-10,12H2,1-3H3. The first-order valence-corrected chi connectivity index (χ1v) is 10.7. The summed E-state index contributed by atoms with van der Waals surface area (Å²) in [6.45, 7) is 4.64. The molecule has 146 valence electrons. The number of amides is 1. The Bertz CT molecular complexity index is 925. The normalized spacial score (nSPS) is 19.1. The Labute approximate surface area is 159 Å². The molecule has 1 fully saturated rings. The van der Waals surface area contributed by atoms with Gasteiger partial charge in [-0.2, -0.15) is 9.29 Å². The van der Waals surface area contributed by atoms with Gasteiger partial charge in [0.05, 0.1) is 12.7 Å². The number of aryl methyl sites for hydroxylation is 2. The topological polar surface area (TPSA) is 96.6 Å². The lowest BCUT2D eigenvalue weighted by atomic mass is 10.1. The van der Waals surface area contributed by atoms with Gasteiger partial charge in [0.15, 0.2) is 5.82 Å². The Morgan fingerprint density at radius 1 is 1.26 bits per heavy atom. The number of hydrogen-bond donors (Lipinski definition) is 0. The van der Waals surface area contributed by atoms with Gasteiger partial charge in [-0.25, -0.2) is 8.42 Å². The summed E-state index contributed by atoms with van der Waals surface area (Å²) in [5.41, 5.74) is 2.06. The van der Waals surface area contributed by atoms with E-state index in [9.17, 15) is 13.2 Å². The van der Waals surface area contributed by atoms with Crippen LogP contribution in [0.1, 0.15) is 35.3 Å². The van der Waals surface area contributed by atoms with Gasteiger partial charge in [0.2, 0.25) is 21.8 Å². The smallest absolute Gasteiger partial charge is 0.245 e. The van der Waals surface area contributed by atoms with E-state index >= 15 is 0 Å². The highest BCUT2D eigenvalue weighted by Crippen LogP contribution is 2.28. The molecule has 0 spiro atoms. The monoisotopic (exact) mass is 392 g/mol. The van der Waals surface area contributed by atoms with Gasteiger partial charge < -0.3 is 9.42 Å². The molecule has 9 heteroatoms. The number of carbonyl (C=O) groups is 1. The molecular weight excluding hydrogens is 368 g/mol. The zero-order valence-corrected chi connectivity index (χ0v) is 16.6. The van der Waals surface area contributed by atoms with Crippen molar-refractivity contribution in [3.8, 4) is 0 Å². The molecule has 27 heavy (non-hydrogen) atoms. The highest BCUT2D eigenvalue weighted by atomic mass is 32.2. The fourth-order valence-electron chi connectivity index (χ4n) is 3.36. The van der Waals surface area contributed by atoms with E-state index in [1.165, 1.54) is 4.31 Å². The van der Waals surface area contributed by atoms with Gasteiger partial charge in [-0.1, -0.05) is 35.0 Å². The molecule has 8 nitrogen and oxygen atoms in total. The number of aromatic nitrogens is 2. The molecule has 1 aromatic heterocycles. The van der Waals surface area contributed by atoms with Crippen LogP contribution >= 0.6 is 0 Å². The quantitative estimate of drug-likeness (QED) is 0.782. The predicted octanol–water partition coefficient (Wildman–Crippen LogP) is 1.46. The third-order valence-corrected chi connectivity index (χ3v) is 5.94. The SMILES string of the molecule is Cc1cccc(CC(=O)N2CCC(c3nc(C)no3)N(S(C)(=O)=O)CC2)c1. The van der Waals surface area contributed by atoms with E-state index in [0.29, 0.717) is 31.8 Å². The third kappa shape index (κ3) is 4.72. The molecule has 1 unspecified atom stereocenters. The van der Waals surface area contributed by atoms with Crippen LogP contribution in [0.5, 0.6) is 0 Å². The van der Waals surface area contributed by atoms with Crippen LogP contribution in [0.3, 0.4) is 0 Å². The van der Waals surface area contributed by atoms with Gasteiger partial charge in [0.25, 0.3) is 0 Å². The van der Waals surface area contributed by atoms with Crippen LogP contribution in [0.15, 0.2) is 28.8 Å². The van der Waals surface area contributed by atoms with Crippen molar-refractivity contribution in [1.29, 1.82) is 0 Å². The molecule has 0 N–H and O–H groups in total. The summed E-state index contributed by atoms with van der Waals surface area (Å²) < 4.78 is 31.1. The van der Waals surface area contributed by atoms with Gasteiger partial charge in [-0.05, 0) is 25.8 Å². The summed E-state index contributed by atoms with van der Waals surface area (Å²) in [5, 5.41) is 3.77. The first-order chi connectivity index (χ1) is 12.7. The lowest BCUT2D eigenvalue weighted by Gasteiger charge is -2.24. The maximum atomic E-state index is 12.7. The average molecular weight is 392 g/mol. The second kappa shape index (κ2) is 7.77. The molecule has 3 rings (SSSR count). The Morgan fingerprint density at radius 2 is 2.04 bits per heavy atom. The highest BCUT2D eigenvalue weighted by Gasteiger charge is 2.35. The molecule has 1 saturated heterocycles. The van der Waals surface area contributed by atoms with Crippen molar-refractivity contribution >= 4 is 15.9 Å². The van der Waals surface area contributed by atoms with E-state index in [4.69, 9.17) is 4.52 Å². The average Bonchev–Trinajstić information content (AvgIpc) is 2.88. The number of carbonyl (C=O) groups excluding carboxylic acids is 1. The Morgan fingerprint density at radius 3 is 2.67 bits per heavy atom. The zero-order chi connectivity index (χ0) is 19.6. The number of sulfonamides is 1. The minimum Gasteiger partial charge on any atom is -0.341 e. The van der Waals surface area contributed by atoms with E-state index in [2.05, 4.69) is 10.1 Å². The second-order valence-electron chi connectivity index (χ2n) is 6.90. The Balaban J connectivity index is 1.77. The zero-order valence-electron chi connectivity index (χ0n) is 15.8. The van der Waals surface area contributed by atoms with Crippen molar-refractivity contribution in [2.75, 3.05) is 25.9 Å². The number of nitrogens with zero attached hydrogens (tertiary/aromatic N) is 4. The molecule has 2 aromatic rings. The molecular formula is C18H24N4O4S. The van der Waals surface area contributed by atoms with Crippen molar-refractivity contribution in [3.05, 3.63) is 47.1 Å². The van der Waals surface area contributed by atoms with Gasteiger partial charge in [-0.15, -0.1) is 0 Å². The van der Waals surface area contributed by atoms with Crippen LogP contribution in [0, 0.1) is 13.8 Å². The summed E-state index contributed by atoms with van der Waals surface area (Å²) >= 11 is 0. The molecule has 0 aliphatic carbocycles. The minimum absolute atomic E-state index is 0.0172. The van der Waals surface area contributed by atoms with Crippen LogP contribution in [-0.4, -0.2) is 59.6 Å². The van der Waals surface area contributed by atoms with E-state index < -0.39 is 16.1 Å². The first-order valence-electron chi connectivity index (χ1n) is 8.84. The highest BCUT2D eigenvalue weighted by molar-refractivity contribution is 7.88. The van der Waals surface area contributed by atoms with E-state index in [1.807, 2.05) is 31.2 Å². The third-order valence-electron chi connectivity index (χ3n) is 4.66. The van der Waals surface area contributed by atoms with Crippen molar-refractivity contribution in [3.63, 3.8) is 0 Å². The second-order valence-corrected chi connectivity index (χ2v) is 8.84. The van der Waals surface area contributed by atoms with Crippen molar-refractivity contribution in [2.45, 2.75) is 32.7 Å². The summed E-state index contributed by atoms with van der Waals surface area (Å²) in [6, 6.07) is 7.27. The number of rotatable bonds is 4. The van der Waals surface area contributed by atoms with Gasteiger partial charge in [0.1, 0.15) is 6.04 Å². The summed E-state index contributed by atoms with van der Waals surface area (Å²) in [5.74, 6) is 0.706. The van der Waals surface area contributed by atoms with Gasteiger partial charge >= 0.3 is 0 Å². The van der Waals surface area contributed by atoms with Crippen LogP contribution in [-0.2, 0) is 21.2 Å². The maximum Gasteiger partial charge on any atom is 0.245 e. The van der Waals surface area contributed by atoms with Gasteiger partial charge in [-0.3, -0.25) is 4.79 Å². The van der Waals surface area contributed by atoms with Crippen molar-refractivity contribution < 1.29 is 17.7 Å². The van der Waals surface area contributed by atoms with Crippen LogP contribution < -0.4 is 0 Å². The van der Waals surface area contributed by atoms with Crippen LogP contribution in [0.4, 0.5) is 0 Å². The molecule has 0 saturated carbocycles. The van der Waals surface area contributed by atoms with E-state index in [1.54, 1.807) is 11.8 Å². The Hall–Kier alpha value is -2.26. The van der Waals surface area contributed by atoms with E-state index in [0.717, 1.165) is 17.4 Å². The lowest BCUT2D eigenvalue weighted by molar-refractivity contribution is -0.130. The molecule has 1 aliphatic rings. The van der Waals surface area contributed by atoms with Crippen LogP contribution in [0.25, 0.3) is 0 Å². The molecule has 1 aliphatic heterocycles. The molecule has 2 heterocycles. The minimum atomic E-state index is -3.48. The largest absolute Gasteiger partial charge is 0.341 e. The molecule has 1 aromatic carbocycles. The molecule has 1 amide bonds. The Kier molecular flexibility index (Phi) is 5.61. The summed E-state index contributed by atoms with van der Waals surface area (Å²) in [6.07, 6.45) is 1.87. The van der Waals surface area contributed by atoms with Crippen molar-refractivity contribution in [1.82, 2.24) is 19.3 Å². The number of hydrogen-bond acceptors (Lipinski definition) is 6. The fraction of sp³-hybridized carbons (Fsp3) is 0.500. The van der Waals surface area contributed by atoms with Crippen LogP contribution in [0.2, 0.25) is 0 Å². The molecule has 0 bridgehead atoms. The number of benzene rings is 1.